The van der Waals surface area contributed by atoms with Crippen LogP contribution in [-0.2, 0) is 0 Å². The van der Waals surface area contributed by atoms with Crippen molar-refractivity contribution in [2.24, 2.45) is 5.92 Å². The molecule has 1 heterocycles. The molecule has 1 amide bonds. The fourth-order valence-corrected chi connectivity index (χ4v) is 2.73. The van der Waals surface area contributed by atoms with E-state index in [0.29, 0.717) is 5.92 Å². The van der Waals surface area contributed by atoms with Gasteiger partial charge in [0, 0.05) is 16.8 Å². The Morgan fingerprint density at radius 2 is 1.55 bits per heavy atom. The maximum Gasteiger partial charge on any atom is 0.263 e. The van der Waals surface area contributed by atoms with E-state index in [9.17, 15) is 4.79 Å². The molecule has 2 aromatic rings. The van der Waals surface area contributed by atoms with E-state index < -0.39 is 0 Å². The Morgan fingerprint density at radius 3 is 2.25 bits per heavy atom. The van der Waals surface area contributed by atoms with E-state index in [0.717, 1.165) is 22.5 Å². The molecule has 0 unspecified atom stereocenters. The molecule has 0 bridgehead atoms. The number of anilines is 1. The average molecular weight is 261 g/mol. The highest BCUT2D eigenvalue weighted by molar-refractivity contribution is 6.22. The first-order chi connectivity index (χ1) is 9.84. The average Bonchev–Trinajstić information content (AvgIpc) is 3.27. The minimum atomic E-state index is 0.0821. The lowest BCUT2D eigenvalue weighted by Crippen LogP contribution is -2.22. The smallest absolute Gasteiger partial charge is 0.263 e. The van der Waals surface area contributed by atoms with Gasteiger partial charge in [-0.05, 0) is 37.0 Å². The zero-order chi connectivity index (χ0) is 13.5. The number of nitrogens with zero attached hydrogens (tertiary/aromatic N) is 1. The van der Waals surface area contributed by atoms with Crippen molar-refractivity contribution in [3.05, 3.63) is 71.8 Å². The van der Waals surface area contributed by atoms with Gasteiger partial charge in [-0.25, -0.2) is 0 Å². The fraction of sp³-hybridized carbons (Fsp3) is 0.167. The molecule has 0 atom stereocenters. The van der Waals surface area contributed by atoms with Crippen LogP contribution in [0.1, 0.15) is 28.8 Å². The van der Waals surface area contributed by atoms with Gasteiger partial charge in [-0.15, -0.1) is 0 Å². The highest BCUT2D eigenvalue weighted by Gasteiger charge is 2.34. The zero-order valence-electron chi connectivity index (χ0n) is 11.1. The van der Waals surface area contributed by atoms with E-state index in [1.807, 2.05) is 59.5 Å². The summed E-state index contributed by atoms with van der Waals surface area (Å²) in [6.45, 7) is 0. The van der Waals surface area contributed by atoms with E-state index in [4.69, 9.17) is 0 Å². The molecule has 98 valence electrons. The third-order valence-corrected chi connectivity index (χ3v) is 3.91. The molecule has 2 aromatic carbocycles. The Kier molecular flexibility index (Phi) is 2.49. The third-order valence-electron chi connectivity index (χ3n) is 3.91. The molecular weight excluding hydrogens is 246 g/mol. The van der Waals surface area contributed by atoms with Gasteiger partial charge < -0.3 is 0 Å². The van der Waals surface area contributed by atoms with Crippen molar-refractivity contribution in [3.8, 4) is 0 Å². The van der Waals surface area contributed by atoms with Crippen LogP contribution >= 0.6 is 0 Å². The number of benzene rings is 2. The number of allylic oxidation sites excluding steroid dienone is 1. The van der Waals surface area contributed by atoms with Crippen LogP contribution in [0, 0.1) is 5.92 Å². The van der Waals surface area contributed by atoms with Gasteiger partial charge in [0.25, 0.3) is 5.91 Å². The van der Waals surface area contributed by atoms with Crippen molar-refractivity contribution < 1.29 is 4.79 Å². The highest BCUT2D eigenvalue weighted by atomic mass is 16.2. The molecule has 0 radical (unpaired) electrons. The van der Waals surface area contributed by atoms with Crippen molar-refractivity contribution in [3.63, 3.8) is 0 Å². The van der Waals surface area contributed by atoms with Crippen molar-refractivity contribution in [1.82, 2.24) is 0 Å². The van der Waals surface area contributed by atoms with Gasteiger partial charge in [0.1, 0.15) is 0 Å². The maximum atomic E-state index is 12.7. The third kappa shape index (κ3) is 1.76. The minimum Gasteiger partial charge on any atom is -0.277 e. The molecule has 2 nitrogen and oxygen atoms in total. The van der Waals surface area contributed by atoms with Crippen LogP contribution in [0.15, 0.2) is 60.7 Å². The number of rotatable bonds is 2. The first-order valence-electron chi connectivity index (χ1n) is 7.05. The Bertz CT molecular complexity index is 698. The molecule has 20 heavy (non-hydrogen) atoms. The lowest BCUT2D eigenvalue weighted by Gasteiger charge is -2.18. The van der Waals surface area contributed by atoms with Gasteiger partial charge >= 0.3 is 0 Å². The molecule has 1 aliphatic heterocycles. The van der Waals surface area contributed by atoms with Crippen LogP contribution in [0.2, 0.25) is 0 Å². The Hall–Kier alpha value is -2.35. The summed E-state index contributed by atoms with van der Waals surface area (Å²) < 4.78 is 0. The first-order valence-corrected chi connectivity index (χ1v) is 7.05. The number of carbonyl (C=O) groups is 1. The number of para-hydroxylation sites is 1. The molecule has 1 aliphatic carbocycles. The van der Waals surface area contributed by atoms with Gasteiger partial charge in [-0.3, -0.25) is 9.69 Å². The van der Waals surface area contributed by atoms with Crippen LogP contribution in [0.5, 0.6) is 0 Å². The van der Waals surface area contributed by atoms with Gasteiger partial charge in [0.15, 0.2) is 0 Å². The van der Waals surface area contributed by atoms with Crippen LogP contribution in [-0.4, -0.2) is 5.91 Å². The zero-order valence-corrected chi connectivity index (χ0v) is 11.1. The first kappa shape index (κ1) is 11.5. The topological polar surface area (TPSA) is 20.3 Å². The SMILES string of the molecule is O=C1c2ccccc2/C(=C/C2CC2)N1c1ccccc1. The molecule has 0 aromatic heterocycles. The van der Waals surface area contributed by atoms with Crippen LogP contribution in [0.25, 0.3) is 5.70 Å². The fourth-order valence-electron chi connectivity index (χ4n) is 2.73. The minimum absolute atomic E-state index is 0.0821. The molecule has 0 spiro atoms. The summed E-state index contributed by atoms with van der Waals surface area (Å²) in [6.07, 6.45) is 4.74. The van der Waals surface area contributed by atoms with Crippen molar-refractivity contribution in [2.75, 3.05) is 4.90 Å². The molecule has 2 aliphatic rings. The van der Waals surface area contributed by atoms with E-state index in [2.05, 4.69) is 6.08 Å². The molecule has 1 saturated carbocycles. The quantitative estimate of drug-likeness (QED) is 0.797. The second kappa shape index (κ2) is 4.34. The summed E-state index contributed by atoms with van der Waals surface area (Å²) >= 11 is 0. The van der Waals surface area contributed by atoms with Crippen molar-refractivity contribution >= 4 is 17.3 Å². The van der Waals surface area contributed by atoms with Gasteiger partial charge in [-0.1, -0.05) is 42.5 Å². The summed E-state index contributed by atoms with van der Waals surface area (Å²) in [5.74, 6) is 0.717. The predicted molar refractivity (Wildman–Crippen MR) is 80.4 cm³/mol. The monoisotopic (exact) mass is 261 g/mol. The van der Waals surface area contributed by atoms with Crippen LogP contribution in [0.4, 0.5) is 5.69 Å². The van der Waals surface area contributed by atoms with E-state index in [-0.39, 0.29) is 5.91 Å². The lowest BCUT2D eigenvalue weighted by atomic mass is 10.1. The largest absolute Gasteiger partial charge is 0.277 e. The molecular formula is C18H15NO. The van der Waals surface area contributed by atoms with E-state index in [1.165, 1.54) is 12.8 Å². The molecule has 4 rings (SSSR count). The summed E-state index contributed by atoms with van der Waals surface area (Å²) in [5.41, 5.74) is 3.87. The Labute approximate surface area is 118 Å². The number of carbonyl (C=O) groups excluding carboxylic acids is 1. The predicted octanol–water partition coefficient (Wildman–Crippen LogP) is 4.10. The van der Waals surface area contributed by atoms with Crippen LogP contribution < -0.4 is 4.90 Å². The number of hydrogen-bond donors (Lipinski definition) is 0. The molecule has 0 saturated heterocycles. The highest BCUT2D eigenvalue weighted by Crippen LogP contribution is 2.41. The standard InChI is InChI=1S/C18H15NO/c20-18-16-9-5-4-8-15(16)17(12-13-10-11-13)19(18)14-6-2-1-3-7-14/h1-9,12-13H,10-11H2/b17-12-. The lowest BCUT2D eigenvalue weighted by molar-refractivity contribution is 0.101. The van der Waals surface area contributed by atoms with Gasteiger partial charge in [0.2, 0.25) is 0 Å². The summed E-state index contributed by atoms with van der Waals surface area (Å²) in [7, 11) is 0. The molecule has 0 N–H and O–H groups in total. The van der Waals surface area contributed by atoms with Crippen molar-refractivity contribution in [1.29, 1.82) is 0 Å². The van der Waals surface area contributed by atoms with Gasteiger partial charge in [0.05, 0.1) is 5.70 Å². The maximum absolute atomic E-state index is 12.7. The number of amides is 1. The molecule has 2 heteroatoms. The number of fused-ring (bicyclic) bond motifs is 1. The Balaban J connectivity index is 1.88. The second-order valence-corrected chi connectivity index (χ2v) is 5.41. The Morgan fingerprint density at radius 1 is 0.900 bits per heavy atom. The van der Waals surface area contributed by atoms with Gasteiger partial charge in [-0.2, -0.15) is 0 Å². The summed E-state index contributed by atoms with van der Waals surface area (Å²) in [4.78, 5) is 14.5. The summed E-state index contributed by atoms with van der Waals surface area (Å²) in [6, 6.07) is 17.8. The van der Waals surface area contributed by atoms with E-state index >= 15 is 0 Å². The van der Waals surface area contributed by atoms with E-state index in [1.54, 1.807) is 0 Å². The normalized spacial score (nSPS) is 19.5. The van der Waals surface area contributed by atoms with Crippen molar-refractivity contribution in [2.45, 2.75) is 12.8 Å². The van der Waals surface area contributed by atoms with Crippen LogP contribution in [0.3, 0.4) is 0 Å². The number of hydrogen-bond acceptors (Lipinski definition) is 1. The molecule has 1 fully saturated rings. The summed E-state index contributed by atoms with van der Waals surface area (Å²) in [5, 5.41) is 0. The second-order valence-electron chi connectivity index (χ2n) is 5.41.